The summed E-state index contributed by atoms with van der Waals surface area (Å²) in [6.07, 6.45) is -32.5. The van der Waals surface area contributed by atoms with Gasteiger partial charge in [0, 0.05) is 20.3 Å². The Bertz CT molecular complexity index is 1350. The Morgan fingerprint density at radius 3 is 1.84 bits per heavy atom. The monoisotopic (exact) mass is 834 g/mol. The third-order valence-electron chi connectivity index (χ3n) is 10.2. The topological polar surface area (TPSA) is 403 Å². The van der Waals surface area contributed by atoms with Gasteiger partial charge in [-0.15, -0.1) is 0 Å². The van der Waals surface area contributed by atoms with Gasteiger partial charge in [0.2, 0.25) is 11.8 Å². The summed E-state index contributed by atoms with van der Waals surface area (Å²) in [7, 11) is 0. The van der Waals surface area contributed by atoms with Crippen molar-refractivity contribution in [2.24, 2.45) is 0 Å². The molecule has 4 heterocycles. The van der Waals surface area contributed by atoms with Gasteiger partial charge in [0.05, 0.1) is 44.7 Å². The van der Waals surface area contributed by atoms with E-state index in [-0.39, 0.29) is 0 Å². The van der Waals surface area contributed by atoms with E-state index in [1.807, 2.05) is 0 Å². The molecule has 2 unspecified atom stereocenters. The van der Waals surface area contributed by atoms with Crippen LogP contribution in [0.3, 0.4) is 0 Å². The summed E-state index contributed by atoms with van der Waals surface area (Å²) < 4.78 is 39.6. The molecule has 0 radical (unpaired) electrons. The van der Waals surface area contributed by atoms with Gasteiger partial charge in [-0.25, -0.2) is 4.79 Å². The number of hydrogen-bond donors (Lipinski definition) is 15. The molecular formula is C32H54N2O23. The van der Waals surface area contributed by atoms with Gasteiger partial charge in [0.25, 0.3) is 5.79 Å². The lowest BCUT2D eigenvalue weighted by Crippen LogP contribution is -2.69. The largest absolute Gasteiger partial charge is 0.477 e. The normalized spacial score (nSPS) is 45.1. The molecule has 57 heavy (non-hydrogen) atoms. The van der Waals surface area contributed by atoms with Gasteiger partial charge in [-0.3, -0.25) is 9.59 Å². The van der Waals surface area contributed by atoms with Crippen LogP contribution in [-0.4, -0.2) is 239 Å². The molecule has 21 atom stereocenters. The zero-order valence-electron chi connectivity index (χ0n) is 31.0. The van der Waals surface area contributed by atoms with E-state index in [2.05, 4.69) is 10.6 Å². The van der Waals surface area contributed by atoms with E-state index in [1.165, 1.54) is 6.92 Å². The van der Waals surface area contributed by atoms with E-state index in [9.17, 15) is 80.8 Å². The van der Waals surface area contributed by atoms with Gasteiger partial charge in [-0.05, 0) is 6.92 Å². The Morgan fingerprint density at radius 1 is 0.719 bits per heavy atom. The molecule has 0 aromatic rings. The molecule has 2 amide bonds. The number of aliphatic hydroxyl groups excluding tert-OH is 12. The number of rotatable bonds is 15. The van der Waals surface area contributed by atoms with Crippen molar-refractivity contribution in [3.63, 3.8) is 0 Å². The molecule has 0 aromatic heterocycles. The Kier molecular flexibility index (Phi) is 16.4. The van der Waals surface area contributed by atoms with E-state index in [4.69, 9.17) is 33.2 Å². The number of hydrogen-bond acceptors (Lipinski definition) is 22. The molecule has 25 heteroatoms. The fourth-order valence-corrected chi connectivity index (χ4v) is 7.18. The van der Waals surface area contributed by atoms with Crippen molar-refractivity contribution < 1.29 is 114 Å². The summed E-state index contributed by atoms with van der Waals surface area (Å²) in [4.78, 5) is 36.6. The average molecular weight is 835 g/mol. The standard InChI is InChI=1S/C32H54N2O23/c1-9-26(24(47)20(43)14(6-36)52-9)55-29-18(34-11(3)39)22(45)27(15(7-37)53-29)56-30-25(48)23(46)21(44)16(54-30)8-51-32(31(49)50)4-12(40)17(33-10(2)38)28(57-32)19(42)13(41)5-35/h9,12-30,35-37,40-48H,4-8H2,1-3H3,(H,33,38)(H,34,39)(H,49,50)/t9-,12+,13?,14-,15-,16-,17+,18-,19?,20-,21+,22+,23+,24-,25-,26-,27-,28-,29+,30+,32+/m1/s1. The van der Waals surface area contributed by atoms with Crippen LogP contribution in [0.4, 0.5) is 0 Å². The van der Waals surface area contributed by atoms with E-state index < -0.39 is 179 Å². The molecule has 15 N–H and O–H groups in total. The number of carboxylic acid groups (broad SMARTS) is 1. The van der Waals surface area contributed by atoms with Gasteiger partial charge < -0.3 is 110 Å². The van der Waals surface area contributed by atoms with Crippen LogP contribution in [0.15, 0.2) is 0 Å². The molecule has 4 fully saturated rings. The number of aliphatic hydroxyl groups is 12. The highest BCUT2D eigenvalue weighted by Gasteiger charge is 2.58. The van der Waals surface area contributed by atoms with Crippen LogP contribution in [0.5, 0.6) is 0 Å². The Hall–Kier alpha value is -2.35. The van der Waals surface area contributed by atoms with Gasteiger partial charge in [0.15, 0.2) is 12.6 Å². The zero-order valence-corrected chi connectivity index (χ0v) is 31.0. The van der Waals surface area contributed by atoms with Crippen LogP contribution in [0.25, 0.3) is 0 Å². The van der Waals surface area contributed by atoms with Crippen LogP contribution >= 0.6 is 0 Å². The lowest BCUT2D eigenvalue weighted by atomic mass is 9.88. The quantitative estimate of drug-likeness (QED) is 0.0728. The fraction of sp³-hybridized carbons (Fsp3) is 0.906. The molecule has 0 aliphatic carbocycles. The van der Waals surface area contributed by atoms with Crippen molar-refractivity contribution in [1.82, 2.24) is 10.6 Å². The number of carboxylic acids is 1. The molecule has 25 nitrogen and oxygen atoms in total. The maximum absolute atomic E-state index is 12.6. The molecule has 4 aliphatic heterocycles. The van der Waals surface area contributed by atoms with Crippen molar-refractivity contribution in [2.45, 2.75) is 155 Å². The predicted octanol–water partition coefficient (Wildman–Crippen LogP) is -9.19. The molecule has 4 aliphatic rings. The summed E-state index contributed by atoms with van der Waals surface area (Å²) in [5.74, 6) is -6.28. The first-order valence-electron chi connectivity index (χ1n) is 18.0. The van der Waals surface area contributed by atoms with Crippen molar-refractivity contribution in [3.8, 4) is 0 Å². The maximum Gasteiger partial charge on any atom is 0.364 e. The van der Waals surface area contributed by atoms with Gasteiger partial charge in [0.1, 0.15) is 91.5 Å². The van der Waals surface area contributed by atoms with E-state index >= 15 is 0 Å². The first-order valence-corrected chi connectivity index (χ1v) is 18.0. The smallest absolute Gasteiger partial charge is 0.364 e. The minimum absolute atomic E-state index is 0.638. The molecule has 4 rings (SSSR count). The second-order valence-electron chi connectivity index (χ2n) is 14.4. The first-order chi connectivity index (χ1) is 26.7. The van der Waals surface area contributed by atoms with Crippen molar-refractivity contribution in [3.05, 3.63) is 0 Å². The van der Waals surface area contributed by atoms with Crippen molar-refractivity contribution in [2.75, 3.05) is 26.4 Å². The predicted molar refractivity (Wildman–Crippen MR) is 178 cm³/mol. The minimum Gasteiger partial charge on any atom is -0.477 e. The molecule has 0 spiro atoms. The Balaban J connectivity index is 1.54. The van der Waals surface area contributed by atoms with Gasteiger partial charge in [-0.1, -0.05) is 0 Å². The number of carbonyl (C=O) groups excluding carboxylic acids is 2. The molecule has 4 saturated heterocycles. The lowest BCUT2D eigenvalue weighted by molar-refractivity contribution is -0.366. The Labute approximate surface area is 324 Å². The van der Waals surface area contributed by atoms with Crippen molar-refractivity contribution >= 4 is 17.8 Å². The number of ether oxygens (including phenoxy) is 7. The van der Waals surface area contributed by atoms with Crippen LogP contribution in [0.2, 0.25) is 0 Å². The second-order valence-corrected chi connectivity index (χ2v) is 14.4. The molecular weight excluding hydrogens is 780 g/mol. The molecule has 330 valence electrons. The first kappa shape index (κ1) is 47.3. The second kappa shape index (κ2) is 19.8. The molecule has 0 aromatic carbocycles. The third-order valence-corrected chi connectivity index (χ3v) is 10.2. The zero-order chi connectivity index (χ0) is 42.7. The summed E-state index contributed by atoms with van der Waals surface area (Å²) in [6.45, 7) is -0.0762. The summed E-state index contributed by atoms with van der Waals surface area (Å²) in [5.41, 5.74) is 0. The number of aliphatic carboxylic acids is 1. The van der Waals surface area contributed by atoms with E-state index in [1.54, 1.807) is 0 Å². The third kappa shape index (κ3) is 10.3. The molecule has 0 saturated carbocycles. The summed E-state index contributed by atoms with van der Waals surface area (Å²) in [5, 5.41) is 141. The average Bonchev–Trinajstić information content (AvgIpc) is 3.16. The van der Waals surface area contributed by atoms with E-state index in [0.717, 1.165) is 13.8 Å². The summed E-state index contributed by atoms with van der Waals surface area (Å²) >= 11 is 0. The highest BCUT2D eigenvalue weighted by molar-refractivity contribution is 5.76. The minimum atomic E-state index is -2.89. The number of nitrogens with one attached hydrogen (secondary N) is 2. The van der Waals surface area contributed by atoms with E-state index in [0.29, 0.717) is 0 Å². The highest BCUT2D eigenvalue weighted by Crippen LogP contribution is 2.36. The lowest BCUT2D eigenvalue weighted by Gasteiger charge is -2.49. The highest BCUT2D eigenvalue weighted by atomic mass is 16.8. The Morgan fingerprint density at radius 2 is 1.28 bits per heavy atom. The van der Waals surface area contributed by atoms with Crippen LogP contribution in [0.1, 0.15) is 27.2 Å². The van der Waals surface area contributed by atoms with Gasteiger partial charge >= 0.3 is 5.97 Å². The van der Waals surface area contributed by atoms with Gasteiger partial charge in [-0.2, -0.15) is 0 Å². The fourth-order valence-electron chi connectivity index (χ4n) is 7.18. The number of carbonyl (C=O) groups is 3. The summed E-state index contributed by atoms with van der Waals surface area (Å²) in [6, 6.07) is -3.08. The van der Waals surface area contributed by atoms with Crippen molar-refractivity contribution in [1.29, 1.82) is 0 Å². The van der Waals surface area contributed by atoms with Crippen LogP contribution in [-0.2, 0) is 47.5 Å². The SMILES string of the molecule is CC(=O)N[C@H]1[C@H](O[C@H]2[C@H](O)[C@H](O)[C@@H](CO)O[C@@H]2C)O[C@H](CO)[C@@H](O[C@@H]2O[C@H](CO[C@@]3(C(=O)O)C[C@H](O)[C@H](NC(C)=O)[C@H](C(O)C(O)CO)O3)[C@H](O)[C@H](O)[C@H]2O)[C@H]1O. The number of amides is 2. The van der Waals surface area contributed by atoms with Crippen LogP contribution < -0.4 is 10.6 Å². The maximum atomic E-state index is 12.6. The molecule has 0 bridgehead atoms. The van der Waals surface area contributed by atoms with Crippen LogP contribution in [0, 0.1) is 0 Å².